The van der Waals surface area contributed by atoms with E-state index in [4.69, 9.17) is 0 Å². The molecule has 3 atom stereocenters. The van der Waals surface area contributed by atoms with Crippen LogP contribution in [0.3, 0.4) is 0 Å². The quantitative estimate of drug-likeness (QED) is 0.812. The van der Waals surface area contributed by atoms with E-state index in [2.05, 4.69) is 4.98 Å². The second-order valence-corrected chi connectivity index (χ2v) is 5.46. The maximum Gasteiger partial charge on any atom is 0.0931 e. The smallest absolute Gasteiger partial charge is 0.0931 e. The van der Waals surface area contributed by atoms with Crippen LogP contribution < -0.4 is 0 Å². The molecule has 0 bridgehead atoms. The Hall–Kier alpha value is -0.410. The van der Waals surface area contributed by atoms with Gasteiger partial charge in [-0.1, -0.05) is 12.8 Å². The number of hydrogen-bond acceptors (Lipinski definition) is 3. The Labute approximate surface area is 88.0 Å². The number of aromatic nitrogens is 1. The molecule has 3 rings (SSSR count). The molecule has 2 aliphatic carbocycles. The molecule has 0 spiro atoms. The normalized spacial score (nSPS) is 37.6. The first kappa shape index (κ1) is 8.86. The Morgan fingerprint density at radius 1 is 1.36 bits per heavy atom. The van der Waals surface area contributed by atoms with Crippen LogP contribution in [0.15, 0.2) is 11.7 Å². The van der Waals surface area contributed by atoms with Crippen molar-refractivity contribution in [3.63, 3.8) is 0 Å². The van der Waals surface area contributed by atoms with Crippen LogP contribution in [0.25, 0.3) is 0 Å². The summed E-state index contributed by atoms with van der Waals surface area (Å²) >= 11 is 1.58. The van der Waals surface area contributed by atoms with Gasteiger partial charge in [0.1, 0.15) is 0 Å². The van der Waals surface area contributed by atoms with Gasteiger partial charge < -0.3 is 5.11 Å². The first-order chi connectivity index (χ1) is 6.88. The van der Waals surface area contributed by atoms with E-state index in [0.717, 1.165) is 16.7 Å². The molecule has 2 nitrogen and oxygen atoms in total. The van der Waals surface area contributed by atoms with Crippen LogP contribution in [0.1, 0.15) is 36.7 Å². The molecule has 0 aromatic carbocycles. The monoisotopic (exact) mass is 209 g/mol. The molecule has 0 amide bonds. The highest BCUT2D eigenvalue weighted by Crippen LogP contribution is 2.60. The summed E-state index contributed by atoms with van der Waals surface area (Å²) in [5, 5.41) is 10.2. The molecule has 0 saturated heterocycles. The van der Waals surface area contributed by atoms with Gasteiger partial charge in [-0.2, -0.15) is 0 Å². The van der Waals surface area contributed by atoms with Crippen molar-refractivity contribution in [3.8, 4) is 0 Å². The summed E-state index contributed by atoms with van der Waals surface area (Å²) < 4.78 is 0. The molecule has 2 fully saturated rings. The molecule has 14 heavy (non-hydrogen) atoms. The summed E-state index contributed by atoms with van der Waals surface area (Å²) in [6.07, 6.45) is 7.01. The Bertz CT molecular complexity index is 299. The summed E-state index contributed by atoms with van der Waals surface area (Å²) in [5.74, 6) is 2.19. The highest BCUT2D eigenvalue weighted by molar-refractivity contribution is 7.09. The summed E-state index contributed by atoms with van der Waals surface area (Å²) in [7, 11) is 0. The molecule has 0 aliphatic heterocycles. The molecular weight excluding hydrogens is 194 g/mol. The van der Waals surface area contributed by atoms with Crippen LogP contribution >= 0.6 is 11.3 Å². The van der Waals surface area contributed by atoms with E-state index in [0.29, 0.717) is 5.92 Å². The van der Waals surface area contributed by atoms with Crippen molar-refractivity contribution in [3.05, 3.63) is 16.6 Å². The zero-order valence-corrected chi connectivity index (χ0v) is 8.91. The van der Waals surface area contributed by atoms with Crippen LogP contribution in [0.4, 0.5) is 0 Å². The first-order valence-corrected chi connectivity index (χ1v) is 6.32. The lowest BCUT2D eigenvalue weighted by atomic mass is 10.0. The van der Waals surface area contributed by atoms with Gasteiger partial charge >= 0.3 is 0 Å². The average molecular weight is 209 g/mol. The molecule has 1 heterocycles. The third kappa shape index (κ3) is 1.30. The van der Waals surface area contributed by atoms with Gasteiger partial charge in [0.25, 0.3) is 0 Å². The van der Waals surface area contributed by atoms with Gasteiger partial charge in [-0.25, -0.2) is 0 Å². The number of aliphatic hydroxyl groups is 1. The number of rotatable bonds is 2. The van der Waals surface area contributed by atoms with E-state index in [1.54, 1.807) is 11.3 Å². The fourth-order valence-electron chi connectivity index (χ4n) is 3.08. The number of aliphatic hydroxyl groups excluding tert-OH is 1. The first-order valence-electron chi connectivity index (χ1n) is 5.44. The standard InChI is InChI=1S/C11H15NOS/c13-11(9-5-12-6-14-9)10-7-3-1-2-4-8(7)10/h5-8,10-11,13H,1-4H2. The second kappa shape index (κ2) is 3.31. The number of fused-ring (bicyclic) bond motifs is 1. The van der Waals surface area contributed by atoms with Crippen molar-refractivity contribution in [1.82, 2.24) is 4.98 Å². The van der Waals surface area contributed by atoms with Crippen LogP contribution in [0, 0.1) is 17.8 Å². The molecule has 0 radical (unpaired) electrons. The molecule has 3 heteroatoms. The summed E-state index contributed by atoms with van der Waals surface area (Å²) in [6, 6.07) is 0. The summed E-state index contributed by atoms with van der Waals surface area (Å²) in [5.41, 5.74) is 1.81. The van der Waals surface area contributed by atoms with Crippen LogP contribution in [-0.4, -0.2) is 10.1 Å². The predicted molar refractivity (Wildman–Crippen MR) is 56.0 cm³/mol. The number of nitrogens with zero attached hydrogens (tertiary/aromatic N) is 1. The lowest BCUT2D eigenvalue weighted by Gasteiger charge is -2.06. The second-order valence-electron chi connectivity index (χ2n) is 4.54. The largest absolute Gasteiger partial charge is 0.387 e. The molecule has 2 aliphatic rings. The third-order valence-electron chi connectivity index (χ3n) is 3.83. The lowest BCUT2D eigenvalue weighted by Crippen LogP contribution is -1.99. The van der Waals surface area contributed by atoms with E-state index in [9.17, 15) is 5.11 Å². The van der Waals surface area contributed by atoms with E-state index in [1.807, 2.05) is 11.7 Å². The van der Waals surface area contributed by atoms with Crippen molar-refractivity contribution < 1.29 is 5.11 Å². The van der Waals surface area contributed by atoms with Gasteiger partial charge in [0, 0.05) is 6.20 Å². The fourth-order valence-corrected chi connectivity index (χ4v) is 3.74. The topological polar surface area (TPSA) is 33.1 Å². The molecule has 2 saturated carbocycles. The van der Waals surface area contributed by atoms with Gasteiger partial charge in [0.2, 0.25) is 0 Å². The Balaban J connectivity index is 1.72. The van der Waals surface area contributed by atoms with Crippen molar-refractivity contribution in [2.75, 3.05) is 0 Å². The molecule has 76 valence electrons. The van der Waals surface area contributed by atoms with E-state index in [1.165, 1.54) is 25.7 Å². The van der Waals surface area contributed by atoms with Crippen LogP contribution in [0.5, 0.6) is 0 Å². The van der Waals surface area contributed by atoms with Gasteiger partial charge in [-0.15, -0.1) is 11.3 Å². The Kier molecular flexibility index (Phi) is 2.10. The molecule has 1 N–H and O–H groups in total. The SMILES string of the molecule is OC(c1cncs1)C1C2CCCCC21. The average Bonchev–Trinajstić information content (AvgIpc) is 2.70. The molecule has 1 aromatic rings. The zero-order valence-electron chi connectivity index (χ0n) is 8.10. The van der Waals surface area contributed by atoms with Gasteiger partial charge in [-0.05, 0) is 30.6 Å². The highest BCUT2D eigenvalue weighted by Gasteiger charge is 2.54. The fraction of sp³-hybridized carbons (Fsp3) is 0.727. The summed E-state index contributed by atoms with van der Waals surface area (Å²) in [4.78, 5) is 5.09. The van der Waals surface area contributed by atoms with Gasteiger partial charge in [0.05, 0.1) is 16.5 Å². The highest BCUT2D eigenvalue weighted by atomic mass is 32.1. The molecule has 1 aromatic heterocycles. The third-order valence-corrected chi connectivity index (χ3v) is 4.68. The van der Waals surface area contributed by atoms with Gasteiger partial charge in [-0.3, -0.25) is 4.98 Å². The minimum Gasteiger partial charge on any atom is -0.387 e. The molecule has 3 unspecified atom stereocenters. The van der Waals surface area contributed by atoms with Crippen molar-refractivity contribution in [2.45, 2.75) is 31.8 Å². The van der Waals surface area contributed by atoms with E-state index >= 15 is 0 Å². The van der Waals surface area contributed by atoms with Crippen molar-refractivity contribution in [2.24, 2.45) is 17.8 Å². The van der Waals surface area contributed by atoms with Crippen molar-refractivity contribution in [1.29, 1.82) is 0 Å². The number of thiazole rings is 1. The predicted octanol–water partition coefficient (Wildman–Crippen LogP) is 2.61. The van der Waals surface area contributed by atoms with Crippen LogP contribution in [0.2, 0.25) is 0 Å². The summed E-state index contributed by atoms with van der Waals surface area (Å²) in [6.45, 7) is 0. The lowest BCUT2D eigenvalue weighted by molar-refractivity contribution is 0.145. The van der Waals surface area contributed by atoms with E-state index < -0.39 is 0 Å². The minimum atomic E-state index is -0.226. The van der Waals surface area contributed by atoms with Crippen molar-refractivity contribution >= 4 is 11.3 Å². The van der Waals surface area contributed by atoms with Gasteiger partial charge in [0.15, 0.2) is 0 Å². The van der Waals surface area contributed by atoms with Crippen LogP contribution in [-0.2, 0) is 0 Å². The maximum atomic E-state index is 10.2. The number of hydrogen-bond donors (Lipinski definition) is 1. The van der Waals surface area contributed by atoms with E-state index in [-0.39, 0.29) is 6.10 Å². The molecular formula is C11H15NOS. The minimum absolute atomic E-state index is 0.226. The Morgan fingerprint density at radius 2 is 2.07 bits per heavy atom. The maximum absolute atomic E-state index is 10.2. The zero-order chi connectivity index (χ0) is 9.54. The Morgan fingerprint density at radius 3 is 2.64 bits per heavy atom.